The van der Waals surface area contributed by atoms with Gasteiger partial charge in [-0.3, -0.25) is 0 Å². The Morgan fingerprint density at radius 2 is 1.03 bits per heavy atom. The van der Waals surface area contributed by atoms with Crippen molar-refractivity contribution in [3.63, 3.8) is 0 Å². The molecule has 0 N–H and O–H groups in total. The molecule has 1 spiro atoms. The molecule has 9 aromatic carbocycles. The first-order chi connectivity index (χ1) is 33.7. The zero-order chi connectivity index (χ0) is 46.3. The lowest BCUT2D eigenvalue weighted by atomic mass is 9.36. The first-order valence-electron chi connectivity index (χ1n) is 24.4. The molecular formula is C65H49BN2S. The minimum Gasteiger partial charge on any atom is -0.311 e. The van der Waals surface area contributed by atoms with Gasteiger partial charge in [-0.05, 0) is 139 Å². The molecule has 14 rings (SSSR count). The summed E-state index contributed by atoms with van der Waals surface area (Å²) in [4.78, 5) is 6.64. The molecule has 10 aromatic rings. The van der Waals surface area contributed by atoms with Gasteiger partial charge in [0.1, 0.15) is 0 Å². The third kappa shape index (κ3) is 5.61. The van der Waals surface area contributed by atoms with Crippen molar-refractivity contribution in [3.8, 4) is 44.5 Å². The van der Waals surface area contributed by atoms with Gasteiger partial charge in [-0.1, -0.05) is 190 Å². The van der Waals surface area contributed by atoms with Crippen molar-refractivity contribution < 1.29 is 0 Å². The highest BCUT2D eigenvalue weighted by atomic mass is 32.1. The Labute approximate surface area is 409 Å². The van der Waals surface area contributed by atoms with Crippen molar-refractivity contribution >= 4 is 67.9 Å². The lowest BCUT2D eigenvalue weighted by Crippen LogP contribution is -2.60. The molecule has 0 saturated carbocycles. The molecule has 3 heterocycles. The van der Waals surface area contributed by atoms with E-state index in [9.17, 15) is 0 Å². The quantitative estimate of drug-likeness (QED) is 0.162. The second-order valence-electron chi connectivity index (χ2n) is 20.5. The SMILES string of the molecule is Cc1cc2c3c(c1)N(c1ccc(C(C)(C)C)cc1)c1c(sc4c1-c1ccc(C)cc1C41c4ccccc4-c4ccccc41)B3c1ccc(-c3ccccc3-c3ccccc3)cc1N2c1ccccc1. The van der Waals surface area contributed by atoms with E-state index in [1.54, 1.807) is 0 Å². The average Bonchev–Trinajstić information content (AvgIpc) is 4.00. The molecule has 0 saturated heterocycles. The molecule has 2 aliphatic carbocycles. The van der Waals surface area contributed by atoms with E-state index in [0.29, 0.717) is 0 Å². The maximum absolute atomic E-state index is 2.66. The Hall–Kier alpha value is -7.66. The second kappa shape index (κ2) is 14.7. The Bertz CT molecular complexity index is 3700. The Kier molecular flexibility index (Phi) is 8.60. The monoisotopic (exact) mass is 900 g/mol. The van der Waals surface area contributed by atoms with Gasteiger partial charge in [0.15, 0.2) is 0 Å². The van der Waals surface area contributed by atoms with Crippen LogP contribution in [0.1, 0.15) is 59.0 Å². The molecule has 4 heteroatoms. The maximum atomic E-state index is 2.66. The first kappa shape index (κ1) is 40.4. The van der Waals surface area contributed by atoms with Gasteiger partial charge in [0.25, 0.3) is 6.71 Å². The molecular weight excluding hydrogens is 852 g/mol. The van der Waals surface area contributed by atoms with Gasteiger partial charge in [0, 0.05) is 43.7 Å². The predicted molar refractivity (Wildman–Crippen MR) is 294 cm³/mol. The molecule has 328 valence electrons. The molecule has 0 radical (unpaired) electrons. The molecule has 2 nitrogen and oxygen atoms in total. The Morgan fingerprint density at radius 1 is 0.449 bits per heavy atom. The maximum Gasteiger partial charge on any atom is 0.264 e. The molecule has 0 amide bonds. The van der Waals surface area contributed by atoms with Crippen molar-refractivity contribution in [1.29, 1.82) is 0 Å². The Morgan fingerprint density at radius 3 is 1.70 bits per heavy atom. The standard InChI is InChI=1S/C65H49BN2S/c1-40-28-34-51-54(36-40)65(52-26-16-14-24-49(52)50-25-15-17-27-53(50)65)62-59(51)61-63(69-62)66-55-35-29-43(48-23-13-12-22-47(48)42-18-8-6-9-19-42)39-56(55)67(45-20-10-7-11-21-45)57-37-41(2)38-58(60(57)66)68(61)46-32-30-44(31-33-46)64(3,4)5/h6-39H,1-5H3. The third-order valence-electron chi connectivity index (χ3n) is 15.5. The van der Waals surface area contributed by atoms with Crippen molar-refractivity contribution in [3.05, 3.63) is 245 Å². The fourth-order valence-corrected chi connectivity index (χ4v) is 14.2. The van der Waals surface area contributed by atoms with Gasteiger partial charge >= 0.3 is 0 Å². The van der Waals surface area contributed by atoms with E-state index >= 15 is 0 Å². The molecule has 1 aromatic heterocycles. The van der Waals surface area contributed by atoms with E-state index in [4.69, 9.17) is 0 Å². The van der Waals surface area contributed by atoms with Gasteiger partial charge in [-0.15, -0.1) is 11.3 Å². The fraction of sp³-hybridized carbons (Fsp3) is 0.108. The van der Waals surface area contributed by atoms with Gasteiger partial charge < -0.3 is 9.80 Å². The van der Waals surface area contributed by atoms with Crippen molar-refractivity contribution in [2.24, 2.45) is 0 Å². The summed E-state index contributed by atoms with van der Waals surface area (Å²) >= 11 is 2.06. The second-order valence-corrected chi connectivity index (χ2v) is 21.6. The minimum absolute atomic E-state index is 0.0162. The number of thiophene rings is 1. The fourth-order valence-electron chi connectivity index (χ4n) is 12.5. The highest BCUT2D eigenvalue weighted by molar-refractivity contribution is 7.30. The first-order valence-corrected chi connectivity index (χ1v) is 25.2. The van der Waals surface area contributed by atoms with Crippen LogP contribution in [0.15, 0.2) is 206 Å². The highest BCUT2D eigenvalue weighted by Gasteiger charge is 2.57. The van der Waals surface area contributed by atoms with Gasteiger partial charge in [-0.2, -0.15) is 0 Å². The average molecular weight is 901 g/mol. The van der Waals surface area contributed by atoms with Crippen LogP contribution in [-0.2, 0) is 10.8 Å². The van der Waals surface area contributed by atoms with Gasteiger partial charge in [0.2, 0.25) is 0 Å². The minimum atomic E-state index is -0.461. The topological polar surface area (TPSA) is 6.48 Å². The summed E-state index contributed by atoms with van der Waals surface area (Å²) in [6, 6.07) is 78.2. The van der Waals surface area contributed by atoms with Gasteiger partial charge in [-0.25, -0.2) is 0 Å². The lowest BCUT2D eigenvalue weighted by Gasteiger charge is -2.44. The van der Waals surface area contributed by atoms with E-state index in [1.165, 1.54) is 127 Å². The smallest absolute Gasteiger partial charge is 0.264 e. The third-order valence-corrected chi connectivity index (χ3v) is 16.9. The summed E-state index contributed by atoms with van der Waals surface area (Å²) in [5.74, 6) is 0. The number of nitrogens with zero attached hydrogens (tertiary/aromatic N) is 2. The molecule has 0 unspecified atom stereocenters. The summed E-state index contributed by atoms with van der Waals surface area (Å²) < 4.78 is 1.40. The molecule has 69 heavy (non-hydrogen) atoms. The number of aryl methyl sites for hydroxylation is 2. The summed E-state index contributed by atoms with van der Waals surface area (Å²) in [5.41, 5.74) is 27.9. The number of anilines is 6. The summed E-state index contributed by atoms with van der Waals surface area (Å²) in [6.45, 7) is 11.5. The highest BCUT2D eigenvalue weighted by Crippen LogP contribution is 2.67. The number of rotatable bonds is 4. The van der Waals surface area contributed by atoms with E-state index in [2.05, 4.69) is 262 Å². The van der Waals surface area contributed by atoms with Crippen molar-refractivity contribution in [2.45, 2.75) is 45.4 Å². The number of benzene rings is 9. The molecule has 0 bridgehead atoms. The van der Waals surface area contributed by atoms with Crippen LogP contribution in [0.25, 0.3) is 44.5 Å². The normalized spacial score (nSPS) is 14.2. The summed E-state index contributed by atoms with van der Waals surface area (Å²) in [7, 11) is 0. The summed E-state index contributed by atoms with van der Waals surface area (Å²) in [5, 5.41) is 0. The van der Waals surface area contributed by atoms with E-state index < -0.39 is 5.41 Å². The molecule has 4 aliphatic rings. The van der Waals surface area contributed by atoms with Crippen molar-refractivity contribution in [1.82, 2.24) is 0 Å². The predicted octanol–water partition coefficient (Wildman–Crippen LogP) is 15.4. The van der Waals surface area contributed by atoms with Crippen molar-refractivity contribution in [2.75, 3.05) is 9.80 Å². The van der Waals surface area contributed by atoms with Crippen LogP contribution < -0.4 is 25.5 Å². The molecule has 0 fully saturated rings. The number of para-hydroxylation sites is 1. The van der Waals surface area contributed by atoms with Crippen LogP contribution in [0.5, 0.6) is 0 Å². The van der Waals surface area contributed by atoms with E-state index in [0.717, 1.165) is 5.69 Å². The molecule has 0 atom stereocenters. The van der Waals surface area contributed by atoms with Crippen LogP contribution in [-0.4, -0.2) is 6.71 Å². The Balaban J connectivity index is 1.10. The lowest BCUT2D eigenvalue weighted by molar-refractivity contribution is 0.590. The van der Waals surface area contributed by atoms with Crippen LogP contribution in [0.4, 0.5) is 34.1 Å². The van der Waals surface area contributed by atoms with Crippen LogP contribution in [0.2, 0.25) is 0 Å². The van der Waals surface area contributed by atoms with E-state index in [-0.39, 0.29) is 12.1 Å². The van der Waals surface area contributed by atoms with Gasteiger partial charge in [0.05, 0.1) is 11.1 Å². The van der Waals surface area contributed by atoms with Crippen LogP contribution >= 0.6 is 11.3 Å². The number of hydrogen-bond acceptors (Lipinski definition) is 3. The largest absolute Gasteiger partial charge is 0.311 e. The summed E-state index contributed by atoms with van der Waals surface area (Å²) in [6.07, 6.45) is 0. The van der Waals surface area contributed by atoms with Crippen LogP contribution in [0.3, 0.4) is 0 Å². The molecule has 2 aliphatic heterocycles. The van der Waals surface area contributed by atoms with Crippen LogP contribution in [0, 0.1) is 13.8 Å². The zero-order valence-corrected chi connectivity index (χ0v) is 40.3. The van der Waals surface area contributed by atoms with E-state index in [1.807, 2.05) is 0 Å². The number of hydrogen-bond donors (Lipinski definition) is 0. The zero-order valence-electron chi connectivity index (χ0n) is 39.5. The number of fused-ring (bicyclic) bond motifs is 15.